The van der Waals surface area contributed by atoms with Gasteiger partial charge in [0, 0.05) is 23.9 Å². The number of aromatic nitrogens is 2. The number of benzene rings is 2. The van der Waals surface area contributed by atoms with Crippen molar-refractivity contribution in [1.29, 1.82) is 0 Å². The van der Waals surface area contributed by atoms with Gasteiger partial charge in [0.25, 0.3) is 5.91 Å². The predicted octanol–water partition coefficient (Wildman–Crippen LogP) is 2.48. The first-order valence-electron chi connectivity index (χ1n) is 12.1. The van der Waals surface area contributed by atoms with Crippen molar-refractivity contribution >= 4 is 52.0 Å². The summed E-state index contributed by atoms with van der Waals surface area (Å²) in [5.74, 6) is 1.16. The summed E-state index contributed by atoms with van der Waals surface area (Å²) in [6.07, 6.45) is -0.123. The van der Waals surface area contributed by atoms with Gasteiger partial charge in [0.1, 0.15) is 11.9 Å². The minimum Gasteiger partial charge on any atom is -0.454 e. The molecular weight excluding hydrogens is 522 g/mol. The Labute approximate surface area is 226 Å². The number of carbonyl (C=O) groups excluding carboxylic acids is 3. The van der Waals surface area contributed by atoms with Gasteiger partial charge in [-0.25, -0.2) is 9.89 Å². The number of aromatic amines is 1. The van der Waals surface area contributed by atoms with E-state index in [1.165, 1.54) is 4.90 Å². The van der Waals surface area contributed by atoms with E-state index in [0.717, 1.165) is 23.0 Å². The van der Waals surface area contributed by atoms with E-state index in [-0.39, 0.29) is 43.2 Å². The number of H-pyrrole nitrogens is 1. The molecule has 3 aliphatic rings. The van der Waals surface area contributed by atoms with Crippen molar-refractivity contribution < 1.29 is 23.9 Å². The van der Waals surface area contributed by atoms with Crippen molar-refractivity contribution in [3.8, 4) is 11.5 Å². The molecule has 12 nitrogen and oxygen atoms in total. The van der Waals surface area contributed by atoms with Gasteiger partial charge in [-0.2, -0.15) is 5.10 Å². The quantitative estimate of drug-likeness (QED) is 0.413. The van der Waals surface area contributed by atoms with Crippen LogP contribution in [0.1, 0.15) is 23.2 Å². The summed E-state index contributed by atoms with van der Waals surface area (Å²) < 4.78 is 10.7. The average molecular weight is 546 g/mol. The van der Waals surface area contributed by atoms with Gasteiger partial charge in [0.05, 0.1) is 17.9 Å². The number of hydrogen-bond donors (Lipinski definition) is 3. The van der Waals surface area contributed by atoms with Crippen LogP contribution in [-0.4, -0.2) is 62.4 Å². The first-order valence-corrected chi connectivity index (χ1v) is 13.1. The fourth-order valence-electron chi connectivity index (χ4n) is 4.32. The summed E-state index contributed by atoms with van der Waals surface area (Å²) in [5.41, 5.74) is 2.99. The molecule has 3 aromatic rings. The molecule has 2 aromatic carbocycles. The van der Waals surface area contributed by atoms with Gasteiger partial charge in [-0.05, 0) is 36.8 Å². The number of para-hydroxylation sites is 1. The third-order valence-electron chi connectivity index (χ3n) is 6.16. The zero-order valence-corrected chi connectivity index (χ0v) is 21.6. The number of amides is 3. The van der Waals surface area contributed by atoms with E-state index in [9.17, 15) is 14.4 Å². The highest BCUT2D eigenvalue weighted by molar-refractivity contribution is 8.14. The Hall–Kier alpha value is -4.65. The van der Waals surface area contributed by atoms with Crippen molar-refractivity contribution in [2.45, 2.75) is 25.9 Å². The van der Waals surface area contributed by atoms with Crippen molar-refractivity contribution in [3.63, 3.8) is 0 Å². The van der Waals surface area contributed by atoms with Crippen molar-refractivity contribution in [2.24, 2.45) is 9.98 Å². The minimum absolute atomic E-state index is 0.00462. The summed E-state index contributed by atoms with van der Waals surface area (Å²) in [5, 5.41) is 12.7. The molecule has 13 heteroatoms. The maximum absolute atomic E-state index is 13.4. The van der Waals surface area contributed by atoms with Gasteiger partial charge < -0.3 is 20.1 Å². The topological polar surface area (TPSA) is 150 Å². The minimum atomic E-state index is -0.908. The monoisotopic (exact) mass is 545 g/mol. The Balaban J connectivity index is 1.13. The van der Waals surface area contributed by atoms with Crippen LogP contribution < -0.4 is 20.1 Å². The first-order chi connectivity index (χ1) is 18.9. The summed E-state index contributed by atoms with van der Waals surface area (Å²) in [4.78, 5) is 49.3. The summed E-state index contributed by atoms with van der Waals surface area (Å²) in [7, 11) is 0. The Morgan fingerprint density at radius 1 is 1.13 bits per heavy atom. The van der Waals surface area contributed by atoms with Crippen LogP contribution in [0.15, 0.2) is 58.5 Å². The number of ether oxygens (including phenoxy) is 2. The molecule has 4 heterocycles. The van der Waals surface area contributed by atoms with Crippen molar-refractivity contribution in [2.75, 3.05) is 17.9 Å². The molecule has 0 aliphatic carbocycles. The molecule has 3 aliphatic heterocycles. The highest BCUT2D eigenvalue weighted by atomic mass is 32.2. The van der Waals surface area contributed by atoms with Crippen LogP contribution in [0.3, 0.4) is 0 Å². The predicted molar refractivity (Wildman–Crippen MR) is 144 cm³/mol. The maximum Gasteiger partial charge on any atom is 0.259 e. The number of amidine groups is 2. The van der Waals surface area contributed by atoms with E-state index in [2.05, 4.69) is 30.8 Å². The normalized spacial score (nSPS) is 16.8. The van der Waals surface area contributed by atoms with E-state index < -0.39 is 6.04 Å². The smallest absolute Gasteiger partial charge is 0.259 e. The second-order valence-corrected chi connectivity index (χ2v) is 9.94. The number of rotatable bonds is 7. The number of carbonyl (C=O) groups is 3. The molecule has 1 atom stereocenters. The van der Waals surface area contributed by atoms with Crippen LogP contribution in [0.2, 0.25) is 0 Å². The van der Waals surface area contributed by atoms with Crippen LogP contribution >= 0.6 is 11.8 Å². The number of thioether (sulfide) groups is 1. The molecule has 3 N–H and O–H groups in total. The molecule has 0 spiro atoms. The highest BCUT2D eigenvalue weighted by Crippen LogP contribution is 2.34. The second-order valence-electron chi connectivity index (χ2n) is 9.00. The molecule has 0 fully saturated rings. The Bertz CT molecular complexity index is 1550. The van der Waals surface area contributed by atoms with Crippen LogP contribution in [-0.2, 0) is 20.9 Å². The lowest BCUT2D eigenvalue weighted by molar-refractivity contribution is -0.128. The fraction of sp³-hybridized carbons (Fsp3) is 0.231. The lowest BCUT2D eigenvalue weighted by atomic mass is 10.1. The van der Waals surface area contributed by atoms with Crippen LogP contribution in [0.4, 0.5) is 11.5 Å². The van der Waals surface area contributed by atoms with Crippen LogP contribution in [0, 0.1) is 6.92 Å². The van der Waals surface area contributed by atoms with Crippen LogP contribution in [0.25, 0.3) is 0 Å². The molecule has 0 saturated carbocycles. The molecule has 198 valence electrons. The Kier molecular flexibility index (Phi) is 6.49. The standard InChI is InChI=1S/C26H23N7O5S/c1-14-8-21(32-31-14)30-23(35)12-39-26-29-17-5-3-2-4-16(17)24-28-18(25(36)33(24)26)10-22(34)27-11-15-6-7-19-20(9-15)38-13-37-19/h2-9,18H,10-13H2,1H3,(H,27,34)(H2,30,31,32,35)/t18-/m0/s1. The molecule has 6 rings (SSSR count). The van der Waals surface area contributed by atoms with Crippen LogP contribution in [0.5, 0.6) is 11.5 Å². The molecule has 1 aromatic heterocycles. The second kappa shape index (κ2) is 10.3. The zero-order valence-electron chi connectivity index (χ0n) is 20.8. The molecule has 0 unspecified atom stereocenters. The lowest BCUT2D eigenvalue weighted by Crippen LogP contribution is -2.42. The first kappa shape index (κ1) is 24.7. The maximum atomic E-state index is 13.4. The Morgan fingerprint density at radius 3 is 2.82 bits per heavy atom. The van der Waals surface area contributed by atoms with E-state index in [4.69, 9.17) is 9.47 Å². The van der Waals surface area contributed by atoms with Gasteiger partial charge in [0.2, 0.25) is 18.6 Å². The van der Waals surface area contributed by atoms with Crippen molar-refractivity contribution in [1.82, 2.24) is 20.4 Å². The zero-order chi connectivity index (χ0) is 26.9. The Morgan fingerprint density at radius 2 is 1.97 bits per heavy atom. The highest BCUT2D eigenvalue weighted by Gasteiger charge is 2.42. The summed E-state index contributed by atoms with van der Waals surface area (Å²) in [6.45, 7) is 2.28. The lowest BCUT2D eigenvalue weighted by Gasteiger charge is -2.25. The average Bonchev–Trinajstić information content (AvgIpc) is 3.65. The summed E-state index contributed by atoms with van der Waals surface area (Å²) >= 11 is 1.12. The molecule has 0 radical (unpaired) electrons. The third kappa shape index (κ3) is 5.08. The van der Waals surface area contributed by atoms with Gasteiger partial charge in [-0.3, -0.25) is 24.5 Å². The van der Waals surface area contributed by atoms with E-state index in [1.807, 2.05) is 43.3 Å². The number of hydrogen-bond acceptors (Lipinski definition) is 9. The van der Waals surface area contributed by atoms with E-state index in [1.54, 1.807) is 12.1 Å². The largest absolute Gasteiger partial charge is 0.454 e. The molecule has 3 amide bonds. The number of nitrogens with zero attached hydrogens (tertiary/aromatic N) is 4. The number of anilines is 1. The van der Waals surface area contributed by atoms with E-state index in [0.29, 0.717) is 39.6 Å². The van der Waals surface area contributed by atoms with Gasteiger partial charge in [0.15, 0.2) is 22.5 Å². The SMILES string of the molecule is Cc1cc(NC(=O)CSC2=Nc3ccccc3C3=N[C@@H](CC(=O)NCc4ccc5c(c4)OCO5)C(=O)N23)n[nH]1. The van der Waals surface area contributed by atoms with Gasteiger partial charge in [-0.15, -0.1) is 0 Å². The van der Waals surface area contributed by atoms with Crippen molar-refractivity contribution in [3.05, 3.63) is 65.4 Å². The fourth-order valence-corrected chi connectivity index (χ4v) is 5.12. The van der Waals surface area contributed by atoms with E-state index >= 15 is 0 Å². The third-order valence-corrected chi connectivity index (χ3v) is 7.10. The number of fused-ring (bicyclic) bond motifs is 4. The molecule has 0 saturated heterocycles. The van der Waals surface area contributed by atoms with Gasteiger partial charge in [-0.1, -0.05) is 30.0 Å². The number of aliphatic imine (C=N–C) groups is 2. The number of aryl methyl sites for hydroxylation is 1. The molecule has 39 heavy (non-hydrogen) atoms. The molecular formula is C26H23N7O5S. The summed E-state index contributed by atoms with van der Waals surface area (Å²) in [6, 6.07) is 13.6. The van der Waals surface area contributed by atoms with Gasteiger partial charge >= 0.3 is 0 Å². The molecule has 0 bridgehead atoms. The number of nitrogens with one attached hydrogen (secondary N) is 3.